The van der Waals surface area contributed by atoms with Gasteiger partial charge in [0.05, 0.1) is 17.5 Å². The minimum absolute atomic E-state index is 0.00186. The van der Waals surface area contributed by atoms with E-state index in [0.29, 0.717) is 56.5 Å². The Labute approximate surface area is 309 Å². The van der Waals surface area contributed by atoms with Crippen LogP contribution >= 0.6 is 11.3 Å². The summed E-state index contributed by atoms with van der Waals surface area (Å²) in [7, 11) is 0. The first-order valence-electron chi connectivity index (χ1n) is 17.8. The third-order valence-corrected chi connectivity index (χ3v) is 11.6. The van der Waals surface area contributed by atoms with Gasteiger partial charge in [-0.3, -0.25) is 19.1 Å². The van der Waals surface area contributed by atoms with Crippen molar-refractivity contribution < 1.29 is 19.8 Å². The molecule has 13 heteroatoms. The van der Waals surface area contributed by atoms with Gasteiger partial charge >= 0.3 is 5.97 Å². The normalized spacial score (nSPS) is 19.0. The third-order valence-electron chi connectivity index (χ3n) is 10.6. The number of thiazole rings is 1. The van der Waals surface area contributed by atoms with Crippen molar-refractivity contribution in [2.45, 2.75) is 43.9 Å². The average Bonchev–Trinajstić information content (AvgIpc) is 3.85. The maximum absolute atomic E-state index is 14.2. The number of amides is 1. The van der Waals surface area contributed by atoms with Crippen LogP contribution in [-0.2, 0) is 17.9 Å². The highest BCUT2D eigenvalue weighted by molar-refractivity contribution is 7.15. The van der Waals surface area contributed by atoms with E-state index in [4.69, 9.17) is 5.11 Å². The Kier molecular flexibility index (Phi) is 9.46. The van der Waals surface area contributed by atoms with Gasteiger partial charge in [0.1, 0.15) is 17.0 Å². The molecule has 2 saturated heterocycles. The fourth-order valence-electron chi connectivity index (χ4n) is 7.69. The average molecular weight is 730 g/mol. The molecule has 6 aromatic rings. The van der Waals surface area contributed by atoms with Gasteiger partial charge in [0.15, 0.2) is 5.65 Å². The summed E-state index contributed by atoms with van der Waals surface area (Å²) < 4.78 is 3.38. The van der Waals surface area contributed by atoms with E-state index in [-0.39, 0.29) is 35.5 Å². The molecule has 2 aliphatic rings. The highest BCUT2D eigenvalue weighted by Crippen LogP contribution is 2.37. The summed E-state index contributed by atoms with van der Waals surface area (Å²) in [4.78, 5) is 57.5. The molecule has 2 fully saturated rings. The molecule has 12 nitrogen and oxygen atoms in total. The molecular weight excluding hydrogens is 691 g/mol. The lowest BCUT2D eigenvalue weighted by Gasteiger charge is -2.43. The largest absolute Gasteiger partial charge is 0.477 e. The number of piperidine rings is 2. The van der Waals surface area contributed by atoms with Crippen LogP contribution in [0.15, 0.2) is 109 Å². The molecule has 0 radical (unpaired) electrons. The monoisotopic (exact) mass is 729 g/mol. The van der Waals surface area contributed by atoms with Gasteiger partial charge in [0.25, 0.3) is 5.56 Å². The van der Waals surface area contributed by atoms with E-state index < -0.39 is 11.6 Å². The van der Waals surface area contributed by atoms with Crippen LogP contribution in [0.4, 0.5) is 0 Å². The predicted molar refractivity (Wildman–Crippen MR) is 201 cm³/mol. The molecule has 0 saturated carbocycles. The van der Waals surface area contributed by atoms with E-state index in [0.717, 1.165) is 33.2 Å². The maximum atomic E-state index is 14.2. The number of carboxylic acids is 1. The van der Waals surface area contributed by atoms with Gasteiger partial charge in [-0.15, -0.1) is 11.3 Å². The van der Waals surface area contributed by atoms with Gasteiger partial charge in [-0.05, 0) is 61.7 Å². The second-order valence-electron chi connectivity index (χ2n) is 14.0. The molecule has 1 amide bonds. The first kappa shape index (κ1) is 34.6. The Hall–Kier alpha value is -5.50. The number of carbonyl (C=O) groups excluding carboxylic acids is 1. The van der Waals surface area contributed by atoms with E-state index in [2.05, 4.69) is 32.0 Å². The lowest BCUT2D eigenvalue weighted by molar-refractivity contribution is -0.142. The summed E-state index contributed by atoms with van der Waals surface area (Å²) in [6.45, 7) is 3.10. The van der Waals surface area contributed by atoms with Gasteiger partial charge in [0.2, 0.25) is 5.91 Å². The lowest BCUT2D eigenvalue weighted by atomic mass is 9.79. The fourth-order valence-corrected chi connectivity index (χ4v) is 8.64. The van der Waals surface area contributed by atoms with Crippen LogP contribution in [0, 0.1) is 5.92 Å². The standard InChI is InChI=1S/C40H39N7O5S/c48-37(45-19-15-40(52,16-20-45)25-46-26-43-35-32(38(46)49)14-18-47(35)29-9-5-2-6-10-29)31-13-17-44(24-33(31)27-7-3-1-4-8-27)23-30-22-42-36(53-30)28-11-12-34(39(50)51)41-21-28/h1-12,14,18,21-22,26,31,33,52H,13,15-17,19-20,23-25H2,(H,50,51)/t31-,33+/m1/s1. The first-order chi connectivity index (χ1) is 25.7. The summed E-state index contributed by atoms with van der Waals surface area (Å²) in [5.41, 5.74) is 2.05. The van der Waals surface area contributed by atoms with Crippen molar-refractivity contribution in [3.8, 4) is 16.3 Å². The number of hydrogen-bond donors (Lipinski definition) is 2. The van der Waals surface area contributed by atoms with Crippen molar-refractivity contribution in [3.63, 3.8) is 0 Å². The Bertz CT molecular complexity index is 2300. The molecule has 2 N–H and O–H groups in total. The van der Waals surface area contributed by atoms with Gasteiger partial charge < -0.3 is 19.7 Å². The molecule has 4 aromatic heterocycles. The van der Waals surface area contributed by atoms with Crippen molar-refractivity contribution >= 4 is 34.2 Å². The van der Waals surface area contributed by atoms with E-state index in [9.17, 15) is 19.5 Å². The number of hydrogen-bond acceptors (Lipinski definition) is 9. The zero-order valence-electron chi connectivity index (χ0n) is 29.0. The number of likely N-dealkylation sites (tertiary alicyclic amines) is 2. The Morgan fingerprint density at radius 2 is 1.64 bits per heavy atom. The lowest BCUT2D eigenvalue weighted by Crippen LogP contribution is -2.53. The Morgan fingerprint density at radius 3 is 2.36 bits per heavy atom. The van der Waals surface area contributed by atoms with E-state index in [1.807, 2.05) is 70.4 Å². The smallest absolute Gasteiger partial charge is 0.354 e. The molecular formula is C40H39N7O5S. The van der Waals surface area contributed by atoms with Crippen LogP contribution in [0.5, 0.6) is 0 Å². The van der Waals surface area contributed by atoms with Crippen LogP contribution in [0.1, 0.15) is 46.1 Å². The minimum atomic E-state index is -1.14. The number of nitrogens with zero attached hydrogens (tertiary/aromatic N) is 7. The highest BCUT2D eigenvalue weighted by atomic mass is 32.1. The topological polar surface area (TPSA) is 147 Å². The molecule has 270 valence electrons. The van der Waals surface area contributed by atoms with Gasteiger partial charge in [-0.1, -0.05) is 48.5 Å². The number of para-hydroxylation sites is 1. The van der Waals surface area contributed by atoms with Crippen molar-refractivity contribution in [3.05, 3.63) is 130 Å². The molecule has 0 spiro atoms. The molecule has 0 unspecified atom stereocenters. The Balaban J connectivity index is 0.922. The van der Waals surface area contributed by atoms with Gasteiger partial charge in [-0.25, -0.2) is 19.7 Å². The molecule has 0 aliphatic carbocycles. The summed E-state index contributed by atoms with van der Waals surface area (Å²) in [6, 6.07) is 24.9. The van der Waals surface area contributed by atoms with Crippen molar-refractivity contribution in [2.75, 3.05) is 26.2 Å². The SMILES string of the molecule is O=C(O)c1ccc(-c2ncc(CN3CC[C@@H](C(=O)N4CCC(O)(Cn5cnc6c(ccn6-c6ccccc6)c5=O)CC4)[C@H](c4ccccc4)C3)s2)cn1. The van der Waals surface area contributed by atoms with E-state index in [1.54, 1.807) is 23.5 Å². The fraction of sp³-hybridized carbons (Fsp3) is 0.300. The van der Waals surface area contributed by atoms with E-state index >= 15 is 0 Å². The summed E-state index contributed by atoms with van der Waals surface area (Å²) >= 11 is 1.56. The number of carboxylic acid groups (broad SMARTS) is 1. The summed E-state index contributed by atoms with van der Waals surface area (Å²) in [6.07, 6.45) is 8.19. The molecule has 53 heavy (non-hydrogen) atoms. The number of pyridine rings is 1. The third kappa shape index (κ3) is 7.15. The number of rotatable bonds is 9. The summed E-state index contributed by atoms with van der Waals surface area (Å²) in [5.74, 6) is -1.15. The highest BCUT2D eigenvalue weighted by Gasteiger charge is 2.41. The predicted octanol–water partition coefficient (Wildman–Crippen LogP) is 5.06. The molecule has 6 heterocycles. The van der Waals surface area contributed by atoms with Crippen LogP contribution in [0.2, 0.25) is 0 Å². The second kappa shape index (κ2) is 14.5. The number of aliphatic hydroxyl groups is 1. The zero-order chi connectivity index (χ0) is 36.5. The van der Waals surface area contributed by atoms with Crippen LogP contribution in [0.3, 0.4) is 0 Å². The number of fused-ring (bicyclic) bond motifs is 1. The quantitative estimate of drug-likeness (QED) is 0.209. The molecule has 2 atom stereocenters. The van der Waals surface area contributed by atoms with E-state index in [1.165, 1.54) is 23.2 Å². The van der Waals surface area contributed by atoms with Crippen LogP contribution in [-0.4, -0.2) is 87.8 Å². The van der Waals surface area contributed by atoms with Crippen LogP contribution < -0.4 is 5.56 Å². The first-order valence-corrected chi connectivity index (χ1v) is 18.6. The van der Waals surface area contributed by atoms with Crippen molar-refractivity contribution in [1.82, 2.24) is 33.9 Å². The Morgan fingerprint density at radius 1 is 0.887 bits per heavy atom. The zero-order valence-corrected chi connectivity index (χ0v) is 29.8. The van der Waals surface area contributed by atoms with Crippen molar-refractivity contribution in [2.24, 2.45) is 5.92 Å². The molecule has 2 aliphatic heterocycles. The summed E-state index contributed by atoms with van der Waals surface area (Å²) in [5, 5.41) is 22.1. The van der Waals surface area contributed by atoms with Crippen molar-refractivity contribution in [1.29, 1.82) is 0 Å². The number of carbonyl (C=O) groups is 2. The van der Waals surface area contributed by atoms with Gasteiger partial charge in [0, 0.05) is 72.7 Å². The van der Waals surface area contributed by atoms with Crippen LogP contribution in [0.25, 0.3) is 27.3 Å². The number of benzene rings is 2. The molecule has 0 bridgehead atoms. The van der Waals surface area contributed by atoms with Gasteiger partial charge in [-0.2, -0.15) is 0 Å². The molecule has 2 aromatic carbocycles. The number of aromatic carboxylic acids is 1. The number of aromatic nitrogens is 5. The maximum Gasteiger partial charge on any atom is 0.354 e. The second-order valence-corrected chi connectivity index (χ2v) is 15.1. The molecule has 8 rings (SSSR count). The minimum Gasteiger partial charge on any atom is -0.477 e.